The minimum Gasteiger partial charge on any atom is -0.357 e. The Labute approximate surface area is 188 Å². The zero-order valence-electron chi connectivity index (χ0n) is 18.3. The van der Waals surface area contributed by atoms with Crippen molar-refractivity contribution in [2.75, 3.05) is 13.1 Å². The lowest BCUT2D eigenvalue weighted by atomic mass is 9.79. The molecule has 2 unspecified atom stereocenters. The molecule has 5 rings (SSSR count). The second-order valence-electron chi connectivity index (χ2n) is 9.08. The Hall–Kier alpha value is -2.46. The van der Waals surface area contributed by atoms with Gasteiger partial charge < -0.3 is 4.90 Å². The van der Waals surface area contributed by atoms with Crippen molar-refractivity contribution >= 4 is 28.3 Å². The standard InChI is InChI=1S/C26H30ClN3O/c1-3-28-17-18(2)23(19-8-4-5-9-19)16-25(28)30-26(31)22-10-6-7-11-24(22)29(30)21-14-12-20(27)13-15-21/h6-7,10-16,18-19,23H,3-5,8-9,17H2,1-2H3. The summed E-state index contributed by atoms with van der Waals surface area (Å²) in [5.41, 5.74) is 1.90. The van der Waals surface area contributed by atoms with Crippen LogP contribution in [0.4, 0.5) is 0 Å². The molecular weight excluding hydrogens is 406 g/mol. The number of fused-ring (bicyclic) bond motifs is 1. The summed E-state index contributed by atoms with van der Waals surface area (Å²) in [6, 6.07) is 15.6. The molecule has 0 amide bonds. The van der Waals surface area contributed by atoms with E-state index in [2.05, 4.69) is 29.5 Å². The molecule has 0 bridgehead atoms. The highest BCUT2D eigenvalue weighted by atomic mass is 35.5. The van der Waals surface area contributed by atoms with Crippen molar-refractivity contribution in [1.82, 2.24) is 14.3 Å². The number of hydrogen-bond acceptors (Lipinski definition) is 2. The van der Waals surface area contributed by atoms with E-state index in [0.717, 1.165) is 41.4 Å². The molecule has 1 aliphatic carbocycles. The second-order valence-corrected chi connectivity index (χ2v) is 9.52. The predicted molar refractivity (Wildman–Crippen MR) is 129 cm³/mol. The van der Waals surface area contributed by atoms with E-state index in [9.17, 15) is 4.79 Å². The molecule has 0 spiro atoms. The zero-order valence-corrected chi connectivity index (χ0v) is 19.1. The van der Waals surface area contributed by atoms with E-state index in [0.29, 0.717) is 16.9 Å². The van der Waals surface area contributed by atoms with Crippen LogP contribution in [0, 0.1) is 17.8 Å². The van der Waals surface area contributed by atoms with Crippen molar-refractivity contribution < 1.29 is 0 Å². The molecule has 2 aliphatic rings. The van der Waals surface area contributed by atoms with Crippen molar-refractivity contribution in [2.24, 2.45) is 17.8 Å². The van der Waals surface area contributed by atoms with Crippen molar-refractivity contribution in [3.8, 4) is 5.69 Å². The Kier molecular flexibility index (Phi) is 5.43. The number of para-hydroxylation sites is 1. The predicted octanol–water partition coefficient (Wildman–Crippen LogP) is 6.02. The number of benzene rings is 2. The van der Waals surface area contributed by atoms with Gasteiger partial charge in [-0.15, -0.1) is 0 Å². The van der Waals surface area contributed by atoms with Gasteiger partial charge in [0.05, 0.1) is 16.6 Å². The smallest absolute Gasteiger partial charge is 0.280 e. The van der Waals surface area contributed by atoms with E-state index in [-0.39, 0.29) is 5.56 Å². The minimum atomic E-state index is 0.0370. The molecule has 1 aromatic heterocycles. The molecule has 0 radical (unpaired) electrons. The summed E-state index contributed by atoms with van der Waals surface area (Å²) in [4.78, 5) is 16.1. The van der Waals surface area contributed by atoms with Gasteiger partial charge in [0, 0.05) is 18.1 Å². The number of allylic oxidation sites excluding steroid dienone is 1. The fourth-order valence-corrected chi connectivity index (χ4v) is 5.76. The molecule has 4 nitrogen and oxygen atoms in total. The van der Waals surface area contributed by atoms with Gasteiger partial charge in [0.15, 0.2) is 0 Å². The minimum absolute atomic E-state index is 0.0370. The fourth-order valence-electron chi connectivity index (χ4n) is 5.64. The molecule has 31 heavy (non-hydrogen) atoms. The van der Waals surface area contributed by atoms with Crippen LogP contribution >= 0.6 is 11.6 Å². The van der Waals surface area contributed by atoms with Crippen LogP contribution in [-0.4, -0.2) is 27.4 Å². The molecule has 162 valence electrons. The first-order chi connectivity index (χ1) is 15.1. The highest BCUT2D eigenvalue weighted by Gasteiger charge is 2.34. The highest BCUT2D eigenvalue weighted by Crippen LogP contribution is 2.40. The Morgan fingerprint density at radius 3 is 2.42 bits per heavy atom. The van der Waals surface area contributed by atoms with E-state index in [1.54, 1.807) is 0 Å². The molecule has 3 aromatic rings. The SMILES string of the molecule is CCN1CC(C)C(C2CCCC2)C=C1n1c(=O)c2ccccc2n1-c1ccc(Cl)cc1. The number of halogens is 1. The third kappa shape index (κ3) is 3.51. The lowest BCUT2D eigenvalue weighted by Gasteiger charge is -2.40. The number of aromatic nitrogens is 2. The Morgan fingerprint density at radius 1 is 1.00 bits per heavy atom. The monoisotopic (exact) mass is 435 g/mol. The number of hydrogen-bond donors (Lipinski definition) is 0. The van der Waals surface area contributed by atoms with Crippen LogP contribution in [0.5, 0.6) is 0 Å². The second kappa shape index (κ2) is 8.23. The zero-order chi connectivity index (χ0) is 21.5. The van der Waals surface area contributed by atoms with Crippen molar-refractivity contribution in [1.29, 1.82) is 0 Å². The van der Waals surface area contributed by atoms with Crippen LogP contribution < -0.4 is 5.56 Å². The quantitative estimate of drug-likeness (QED) is 0.501. The van der Waals surface area contributed by atoms with Gasteiger partial charge in [-0.05, 0) is 80.0 Å². The third-order valence-corrected chi connectivity index (χ3v) is 7.45. The summed E-state index contributed by atoms with van der Waals surface area (Å²) in [6.07, 6.45) is 7.68. The molecule has 1 fully saturated rings. The van der Waals surface area contributed by atoms with Gasteiger partial charge in [0.25, 0.3) is 5.56 Å². The van der Waals surface area contributed by atoms with E-state index >= 15 is 0 Å². The molecular formula is C26H30ClN3O. The fraction of sp³-hybridized carbons (Fsp3) is 0.423. The highest BCUT2D eigenvalue weighted by molar-refractivity contribution is 6.30. The lowest BCUT2D eigenvalue weighted by Crippen LogP contribution is -2.41. The average molecular weight is 436 g/mol. The maximum atomic E-state index is 13.7. The Morgan fingerprint density at radius 2 is 1.71 bits per heavy atom. The molecule has 2 atom stereocenters. The van der Waals surface area contributed by atoms with Crippen LogP contribution in [-0.2, 0) is 0 Å². The number of nitrogens with zero attached hydrogens (tertiary/aromatic N) is 3. The van der Waals surface area contributed by atoms with Crippen LogP contribution in [0.3, 0.4) is 0 Å². The molecule has 0 saturated heterocycles. The van der Waals surface area contributed by atoms with Crippen molar-refractivity contribution in [3.63, 3.8) is 0 Å². The molecule has 2 aromatic carbocycles. The first kappa shape index (κ1) is 20.4. The Balaban J connectivity index is 1.75. The largest absolute Gasteiger partial charge is 0.357 e. The van der Waals surface area contributed by atoms with Gasteiger partial charge in [0.1, 0.15) is 5.82 Å². The molecule has 5 heteroatoms. The summed E-state index contributed by atoms with van der Waals surface area (Å²) in [5.74, 6) is 2.86. The maximum absolute atomic E-state index is 13.7. The van der Waals surface area contributed by atoms with E-state index in [4.69, 9.17) is 11.6 Å². The van der Waals surface area contributed by atoms with Gasteiger partial charge in [0.2, 0.25) is 0 Å². The number of rotatable bonds is 4. The van der Waals surface area contributed by atoms with Crippen LogP contribution in [0.1, 0.15) is 39.5 Å². The third-order valence-electron chi connectivity index (χ3n) is 7.20. The van der Waals surface area contributed by atoms with E-state index in [1.165, 1.54) is 25.7 Å². The topological polar surface area (TPSA) is 30.2 Å². The molecule has 2 heterocycles. The van der Waals surface area contributed by atoms with Gasteiger partial charge in [-0.3, -0.25) is 4.79 Å². The summed E-state index contributed by atoms with van der Waals surface area (Å²) in [6.45, 7) is 6.41. The first-order valence-corrected chi connectivity index (χ1v) is 11.9. The average Bonchev–Trinajstić information content (AvgIpc) is 3.41. The molecule has 1 aliphatic heterocycles. The van der Waals surface area contributed by atoms with E-state index in [1.807, 2.05) is 53.2 Å². The molecule has 0 N–H and O–H groups in total. The van der Waals surface area contributed by atoms with Crippen molar-refractivity contribution in [2.45, 2.75) is 39.5 Å². The van der Waals surface area contributed by atoms with Crippen LogP contribution in [0.15, 0.2) is 59.4 Å². The van der Waals surface area contributed by atoms with Crippen molar-refractivity contribution in [3.05, 3.63) is 70.0 Å². The normalized spacial score (nSPS) is 22.3. The summed E-state index contributed by atoms with van der Waals surface area (Å²) >= 11 is 6.17. The Bertz CT molecular complexity index is 1170. The van der Waals surface area contributed by atoms with Crippen LogP contribution in [0.25, 0.3) is 22.4 Å². The first-order valence-electron chi connectivity index (χ1n) is 11.5. The van der Waals surface area contributed by atoms with Gasteiger partial charge in [-0.2, -0.15) is 4.68 Å². The van der Waals surface area contributed by atoms with Gasteiger partial charge in [-0.25, -0.2) is 4.68 Å². The summed E-state index contributed by atoms with van der Waals surface area (Å²) < 4.78 is 3.95. The van der Waals surface area contributed by atoms with Gasteiger partial charge >= 0.3 is 0 Å². The summed E-state index contributed by atoms with van der Waals surface area (Å²) in [5, 5.41) is 1.43. The molecule has 1 saturated carbocycles. The van der Waals surface area contributed by atoms with Crippen LogP contribution in [0.2, 0.25) is 5.02 Å². The summed E-state index contributed by atoms with van der Waals surface area (Å²) in [7, 11) is 0. The lowest BCUT2D eigenvalue weighted by molar-refractivity contribution is 0.212. The van der Waals surface area contributed by atoms with Gasteiger partial charge in [-0.1, -0.05) is 43.5 Å². The van der Waals surface area contributed by atoms with E-state index < -0.39 is 0 Å². The maximum Gasteiger partial charge on any atom is 0.280 e.